The van der Waals surface area contributed by atoms with Crippen LogP contribution >= 0.6 is 0 Å². The summed E-state index contributed by atoms with van der Waals surface area (Å²) in [5.74, 6) is -5.11. The lowest BCUT2D eigenvalue weighted by molar-refractivity contribution is -0.165. The Labute approximate surface area is 274 Å². The molecule has 5 rings (SSSR count). The third kappa shape index (κ3) is 7.94. The van der Waals surface area contributed by atoms with Gasteiger partial charge in [-0.05, 0) is 30.5 Å². The van der Waals surface area contributed by atoms with Gasteiger partial charge < -0.3 is 51.2 Å². The molecule has 1 saturated heterocycles. The number of aliphatic hydroxyl groups is 3. The summed E-state index contributed by atoms with van der Waals surface area (Å²) in [5, 5.41) is 42.7. The van der Waals surface area contributed by atoms with Gasteiger partial charge in [0.15, 0.2) is 35.2 Å². The highest BCUT2D eigenvalue weighted by atomic mass is 19.3. The summed E-state index contributed by atoms with van der Waals surface area (Å²) in [6.07, 6.45) is -4.66. The molecular formula is C29H32F4N8O8. The third-order valence-electron chi connectivity index (χ3n) is 7.78. The molecule has 4 atom stereocenters. The number of aliphatic carboxylic acids is 2. The predicted octanol–water partition coefficient (Wildman–Crippen LogP) is 0.607. The highest BCUT2D eigenvalue weighted by Crippen LogP contribution is 2.35. The zero-order valence-electron chi connectivity index (χ0n) is 25.6. The number of carbonyl (C=O) groups is 2. The maximum Gasteiger partial charge on any atom is 0.335 e. The molecule has 49 heavy (non-hydrogen) atoms. The number of benzene rings is 1. The van der Waals surface area contributed by atoms with Gasteiger partial charge in [-0.2, -0.15) is 0 Å². The van der Waals surface area contributed by atoms with Crippen molar-refractivity contribution >= 4 is 34.6 Å². The van der Waals surface area contributed by atoms with Crippen molar-refractivity contribution in [1.82, 2.24) is 24.5 Å². The highest BCUT2D eigenvalue weighted by Gasteiger charge is 2.43. The fourth-order valence-electron chi connectivity index (χ4n) is 5.21. The molecule has 0 unspecified atom stereocenters. The van der Waals surface area contributed by atoms with Gasteiger partial charge in [0.05, 0.1) is 43.1 Å². The van der Waals surface area contributed by atoms with Crippen LogP contribution in [-0.2, 0) is 16.1 Å². The normalized spacial score (nSPS) is 18.0. The number of anilines is 2. The second kappa shape index (κ2) is 14.9. The first-order valence-electron chi connectivity index (χ1n) is 14.3. The van der Waals surface area contributed by atoms with E-state index in [0.717, 1.165) is 12.1 Å². The third-order valence-corrected chi connectivity index (χ3v) is 7.78. The van der Waals surface area contributed by atoms with Crippen molar-refractivity contribution in [2.45, 2.75) is 49.7 Å². The van der Waals surface area contributed by atoms with Crippen LogP contribution in [0.1, 0.15) is 18.4 Å². The molecule has 3 aromatic heterocycles. The van der Waals surface area contributed by atoms with Crippen molar-refractivity contribution in [3.63, 3.8) is 0 Å². The van der Waals surface area contributed by atoms with Crippen molar-refractivity contribution < 1.29 is 57.4 Å². The van der Waals surface area contributed by atoms with Gasteiger partial charge in [0.25, 0.3) is 6.43 Å². The quantitative estimate of drug-likeness (QED) is 0.112. The number of nitrogen functional groups attached to an aromatic ring is 1. The van der Waals surface area contributed by atoms with Crippen LogP contribution in [-0.4, -0.2) is 112 Å². The topological polar surface area (TPSA) is 256 Å². The molecule has 4 heterocycles. The molecule has 9 N–H and O–H groups in total. The fraction of sp³-hybridized carbons (Fsp3) is 0.379. The van der Waals surface area contributed by atoms with Crippen LogP contribution in [0.3, 0.4) is 0 Å². The Balaban J connectivity index is 0.000000471. The van der Waals surface area contributed by atoms with Crippen LogP contribution < -0.4 is 21.1 Å². The van der Waals surface area contributed by atoms with Crippen LogP contribution in [0.4, 0.5) is 29.1 Å². The van der Waals surface area contributed by atoms with Crippen LogP contribution in [0.15, 0.2) is 37.1 Å². The molecule has 0 saturated carbocycles. The van der Waals surface area contributed by atoms with Gasteiger partial charge in [-0.1, -0.05) is 0 Å². The fourth-order valence-corrected chi connectivity index (χ4v) is 5.21. The van der Waals surface area contributed by atoms with Gasteiger partial charge in [0.1, 0.15) is 23.8 Å². The van der Waals surface area contributed by atoms with E-state index >= 15 is 0 Å². The number of aliphatic hydroxyl groups excluding tert-OH is 3. The Morgan fingerprint density at radius 1 is 1.02 bits per heavy atom. The minimum absolute atomic E-state index is 0.0716. The predicted molar refractivity (Wildman–Crippen MR) is 163 cm³/mol. The first kappa shape index (κ1) is 36.7. The molecule has 16 nitrogen and oxygen atoms in total. The Kier molecular flexibility index (Phi) is 11.2. The Bertz CT molecular complexity index is 1810. The molecule has 1 aliphatic rings. The maximum atomic E-state index is 14.9. The van der Waals surface area contributed by atoms with Crippen LogP contribution in [0.5, 0.6) is 5.75 Å². The molecule has 264 valence electrons. The first-order chi connectivity index (χ1) is 23.1. The van der Waals surface area contributed by atoms with E-state index in [1.807, 2.05) is 0 Å². The number of hydrogen-bond donors (Lipinski definition) is 7. The van der Waals surface area contributed by atoms with E-state index in [-0.39, 0.29) is 42.3 Å². The number of carboxylic acid groups (broad SMARTS) is 2. The zero-order valence-corrected chi connectivity index (χ0v) is 25.6. The van der Waals surface area contributed by atoms with Crippen molar-refractivity contribution in [3.8, 4) is 17.0 Å². The molecule has 0 aliphatic carbocycles. The summed E-state index contributed by atoms with van der Waals surface area (Å²) in [4.78, 5) is 38.1. The second-order valence-corrected chi connectivity index (χ2v) is 11.1. The van der Waals surface area contributed by atoms with E-state index in [9.17, 15) is 32.3 Å². The van der Waals surface area contributed by atoms with Gasteiger partial charge in [0.2, 0.25) is 0 Å². The largest absolute Gasteiger partial charge is 0.494 e. The molecule has 1 aromatic carbocycles. The summed E-state index contributed by atoms with van der Waals surface area (Å²) in [7, 11) is 1.23. The lowest BCUT2D eigenvalue weighted by Crippen LogP contribution is -2.63. The maximum absolute atomic E-state index is 14.9. The summed E-state index contributed by atoms with van der Waals surface area (Å²) < 4.78 is 62.7. The number of halogens is 4. The van der Waals surface area contributed by atoms with Crippen LogP contribution in [0.2, 0.25) is 0 Å². The SMILES string of the molecule is COc1cc(F)c(-c2cc(Cn3cnc4c(N)ncnc43)c(N3CCC[C@](N)([C@H](O)C(F)F)C3)cn2)cc1F.O=C(O)[C@@H](O)[C@H](O)C(=O)O. The zero-order chi connectivity index (χ0) is 36.2. The number of fused-ring (bicyclic) bond motifs is 1. The van der Waals surface area contributed by atoms with Gasteiger partial charge in [-0.3, -0.25) is 4.98 Å². The molecule has 0 radical (unpaired) electrons. The minimum Gasteiger partial charge on any atom is -0.494 e. The summed E-state index contributed by atoms with van der Waals surface area (Å²) in [6.45, 7) is 0.523. The number of rotatable bonds is 10. The smallest absolute Gasteiger partial charge is 0.335 e. The average molecular weight is 697 g/mol. The molecule has 0 amide bonds. The lowest BCUT2D eigenvalue weighted by atomic mass is 9.84. The number of methoxy groups -OCH3 is 1. The van der Waals surface area contributed by atoms with Gasteiger partial charge in [-0.25, -0.2) is 42.1 Å². The standard InChI is InChI=1S/C25H26F4N8O2.C4H6O6/c1-39-19-7-15(26)14(6-16(19)27)17-5-13(9-37-12-35-20-23(30)33-11-34-24(20)37)18(8-32-17)36-4-2-3-25(31,10-36)21(38)22(28)29;5-1(3(7)8)2(6)4(9)10/h5-8,11-12,21-22,38H,2-4,9-10,31H2,1H3,(H2,30,33,34);1-2,5-6H,(H,7,8)(H,9,10)/t21-,25-;1-,2-/m10/s1. The van der Waals surface area contributed by atoms with Gasteiger partial charge in [-0.15, -0.1) is 0 Å². The highest BCUT2D eigenvalue weighted by molar-refractivity contribution is 5.83. The number of piperidine rings is 1. The number of aromatic nitrogens is 5. The number of alkyl halides is 2. The number of nitrogens with zero attached hydrogens (tertiary/aromatic N) is 6. The van der Waals surface area contributed by atoms with E-state index in [2.05, 4.69) is 19.9 Å². The van der Waals surface area contributed by atoms with E-state index in [0.29, 0.717) is 35.4 Å². The number of imidazole rings is 1. The molecule has 0 bridgehead atoms. The molecular weight excluding hydrogens is 664 g/mol. The number of ether oxygens (including phenoxy) is 1. The number of carboxylic acids is 2. The monoisotopic (exact) mass is 696 g/mol. The first-order valence-corrected chi connectivity index (χ1v) is 14.3. The number of hydrogen-bond acceptors (Lipinski definition) is 13. The van der Waals surface area contributed by atoms with Crippen LogP contribution in [0, 0.1) is 11.6 Å². The Morgan fingerprint density at radius 3 is 2.31 bits per heavy atom. The van der Waals surface area contributed by atoms with Crippen molar-refractivity contribution in [2.24, 2.45) is 5.73 Å². The second-order valence-electron chi connectivity index (χ2n) is 11.1. The van der Waals surface area contributed by atoms with Crippen LogP contribution in [0.25, 0.3) is 22.4 Å². The van der Waals surface area contributed by atoms with Crippen molar-refractivity contribution in [1.29, 1.82) is 0 Å². The van der Waals surface area contributed by atoms with E-state index < -0.39 is 53.8 Å². The van der Waals surface area contributed by atoms with Gasteiger partial charge >= 0.3 is 11.9 Å². The van der Waals surface area contributed by atoms with E-state index in [1.165, 1.54) is 26.0 Å². The minimum atomic E-state index is -3.01. The molecule has 20 heteroatoms. The molecule has 0 spiro atoms. The van der Waals surface area contributed by atoms with Crippen molar-refractivity contribution in [2.75, 3.05) is 30.8 Å². The lowest BCUT2D eigenvalue weighted by Gasteiger charge is -2.44. The van der Waals surface area contributed by atoms with Crippen molar-refractivity contribution in [3.05, 3.63) is 54.2 Å². The van der Waals surface area contributed by atoms with E-state index in [4.69, 9.17) is 36.6 Å². The molecule has 4 aromatic rings. The molecule has 1 aliphatic heterocycles. The van der Waals surface area contributed by atoms with Gasteiger partial charge in [0, 0.05) is 24.7 Å². The average Bonchev–Trinajstić information content (AvgIpc) is 3.48. The Hall–Kier alpha value is -5.18. The summed E-state index contributed by atoms with van der Waals surface area (Å²) in [6, 6.07) is 3.50. The summed E-state index contributed by atoms with van der Waals surface area (Å²) >= 11 is 0. The van der Waals surface area contributed by atoms with E-state index in [1.54, 1.807) is 15.5 Å². The molecule has 1 fully saturated rings. The summed E-state index contributed by atoms with van der Waals surface area (Å²) in [5.41, 5.74) is 12.6. The Morgan fingerprint density at radius 2 is 1.69 bits per heavy atom. The number of pyridine rings is 1. The number of nitrogens with two attached hydrogens (primary N) is 2.